The minimum atomic E-state index is -0.158. The maximum absolute atomic E-state index is 14.5. The Labute approximate surface area is 173 Å². The Morgan fingerprint density at radius 2 is 1.77 bits per heavy atom. The number of piperazine rings is 1. The Bertz CT molecular complexity index is 596. The maximum Gasteiger partial charge on any atom is 0.191 e. The van der Waals surface area contributed by atoms with Gasteiger partial charge in [0.15, 0.2) is 5.96 Å². The van der Waals surface area contributed by atoms with Crippen LogP contribution in [-0.4, -0.2) is 61.6 Å². The van der Waals surface area contributed by atoms with Crippen molar-refractivity contribution in [3.63, 3.8) is 0 Å². The highest BCUT2D eigenvalue weighted by molar-refractivity contribution is 14.0. The molecule has 146 valence electrons. The first kappa shape index (κ1) is 21.2. The molecule has 2 fully saturated rings. The van der Waals surface area contributed by atoms with Gasteiger partial charge in [-0.15, -0.1) is 24.0 Å². The predicted octanol–water partition coefficient (Wildman–Crippen LogP) is 2.89. The number of aliphatic imine (C=N–C) groups is 1. The van der Waals surface area contributed by atoms with Gasteiger partial charge in [0, 0.05) is 39.3 Å². The normalized spacial score (nSPS) is 19.4. The number of halogens is 2. The second-order valence-corrected chi connectivity index (χ2v) is 6.93. The van der Waals surface area contributed by atoms with E-state index < -0.39 is 0 Å². The van der Waals surface area contributed by atoms with Crippen molar-refractivity contribution < 1.29 is 4.39 Å². The van der Waals surface area contributed by atoms with Gasteiger partial charge in [0.1, 0.15) is 5.82 Å². The van der Waals surface area contributed by atoms with Crippen LogP contribution in [0.3, 0.4) is 0 Å². The van der Waals surface area contributed by atoms with Crippen molar-refractivity contribution in [1.29, 1.82) is 0 Å². The van der Waals surface area contributed by atoms with E-state index in [1.165, 1.54) is 19.3 Å². The lowest BCUT2D eigenvalue weighted by molar-refractivity contribution is 0.270. The molecule has 2 saturated heterocycles. The van der Waals surface area contributed by atoms with Crippen LogP contribution in [-0.2, 0) is 6.54 Å². The van der Waals surface area contributed by atoms with Gasteiger partial charge in [0.25, 0.3) is 0 Å². The molecule has 0 amide bonds. The summed E-state index contributed by atoms with van der Waals surface area (Å²) < 4.78 is 14.5. The minimum Gasteiger partial charge on any atom is -0.370 e. The van der Waals surface area contributed by atoms with Crippen molar-refractivity contribution >= 4 is 35.6 Å². The van der Waals surface area contributed by atoms with Gasteiger partial charge in [-0.1, -0.05) is 13.0 Å². The van der Waals surface area contributed by atoms with Crippen molar-refractivity contribution in [1.82, 2.24) is 9.80 Å². The molecular formula is C19H31FIN5. The third-order valence-electron chi connectivity index (χ3n) is 5.28. The van der Waals surface area contributed by atoms with Crippen molar-refractivity contribution in [3.05, 3.63) is 29.6 Å². The smallest absolute Gasteiger partial charge is 0.191 e. The van der Waals surface area contributed by atoms with Gasteiger partial charge in [-0.3, -0.25) is 0 Å². The molecule has 2 heterocycles. The number of benzene rings is 1. The molecule has 0 saturated carbocycles. The molecule has 0 aliphatic carbocycles. The van der Waals surface area contributed by atoms with Crippen molar-refractivity contribution in [2.75, 3.05) is 50.7 Å². The van der Waals surface area contributed by atoms with Crippen molar-refractivity contribution in [3.8, 4) is 0 Å². The molecule has 0 spiro atoms. The zero-order valence-corrected chi connectivity index (χ0v) is 18.0. The third-order valence-corrected chi connectivity index (χ3v) is 5.28. The Kier molecular flexibility index (Phi) is 8.40. The van der Waals surface area contributed by atoms with Crippen LogP contribution in [0.25, 0.3) is 0 Å². The topological polar surface area (TPSA) is 48.1 Å². The van der Waals surface area contributed by atoms with Crippen molar-refractivity contribution in [2.45, 2.75) is 32.7 Å². The van der Waals surface area contributed by atoms with E-state index in [1.807, 2.05) is 12.1 Å². The van der Waals surface area contributed by atoms with E-state index in [0.717, 1.165) is 51.4 Å². The Morgan fingerprint density at radius 3 is 2.38 bits per heavy atom. The number of guanidine groups is 1. The largest absolute Gasteiger partial charge is 0.370 e. The average Bonchev–Trinajstić information content (AvgIpc) is 2.67. The molecule has 26 heavy (non-hydrogen) atoms. The van der Waals surface area contributed by atoms with Gasteiger partial charge in [-0.2, -0.15) is 0 Å². The lowest BCUT2D eigenvalue weighted by Gasteiger charge is -2.35. The predicted molar refractivity (Wildman–Crippen MR) is 117 cm³/mol. The van der Waals surface area contributed by atoms with Crippen LogP contribution in [0.15, 0.2) is 23.2 Å². The van der Waals surface area contributed by atoms with Gasteiger partial charge >= 0.3 is 0 Å². The molecule has 1 aromatic carbocycles. The van der Waals surface area contributed by atoms with E-state index in [0.29, 0.717) is 18.2 Å². The Morgan fingerprint density at radius 1 is 1.08 bits per heavy atom. The molecule has 0 atom stereocenters. The summed E-state index contributed by atoms with van der Waals surface area (Å²) in [4.78, 5) is 11.1. The van der Waals surface area contributed by atoms with Crippen LogP contribution < -0.4 is 10.6 Å². The maximum atomic E-state index is 14.5. The molecule has 0 bridgehead atoms. The van der Waals surface area contributed by atoms with Crippen LogP contribution >= 0.6 is 24.0 Å². The number of hydrogen-bond acceptors (Lipinski definition) is 3. The molecule has 2 aliphatic rings. The van der Waals surface area contributed by atoms with Gasteiger partial charge in [-0.25, -0.2) is 9.38 Å². The number of nitrogens with zero attached hydrogens (tertiary/aromatic N) is 4. The van der Waals surface area contributed by atoms with Crippen LogP contribution in [0.1, 0.15) is 31.7 Å². The molecule has 3 rings (SSSR count). The van der Waals surface area contributed by atoms with E-state index in [4.69, 9.17) is 5.73 Å². The molecule has 2 N–H and O–H groups in total. The molecule has 0 unspecified atom stereocenters. The quantitative estimate of drug-likeness (QED) is 0.414. The minimum absolute atomic E-state index is 0. The molecule has 2 aliphatic heterocycles. The summed E-state index contributed by atoms with van der Waals surface area (Å²) in [6, 6.07) is 5.46. The average molecular weight is 475 g/mol. The summed E-state index contributed by atoms with van der Waals surface area (Å²) in [6.45, 7) is 9.37. The highest BCUT2D eigenvalue weighted by atomic mass is 127. The summed E-state index contributed by atoms with van der Waals surface area (Å²) >= 11 is 0. The Hall–Kier alpha value is -1.09. The standard InChI is InChI=1S/C19H30FN5.HI/c1-2-23-10-12-24(13-11-23)18-7-6-16(14-17(18)20)15-22-19(21)25-8-4-3-5-9-25;/h6-7,14H,2-5,8-13,15H2,1H3,(H2,21,22);1H. The van der Waals surface area contributed by atoms with Crippen LogP contribution in [0.5, 0.6) is 0 Å². The number of nitrogens with two attached hydrogens (primary N) is 1. The number of likely N-dealkylation sites (N-methyl/N-ethyl adjacent to an activating group) is 1. The van der Waals surface area contributed by atoms with Gasteiger partial charge in [0.05, 0.1) is 12.2 Å². The molecule has 0 aromatic heterocycles. The van der Waals surface area contributed by atoms with E-state index in [1.54, 1.807) is 6.07 Å². The van der Waals surface area contributed by atoms with Crippen molar-refractivity contribution in [2.24, 2.45) is 10.7 Å². The first-order valence-corrected chi connectivity index (χ1v) is 9.48. The fraction of sp³-hybridized carbons (Fsp3) is 0.632. The first-order valence-electron chi connectivity index (χ1n) is 9.48. The molecule has 5 nitrogen and oxygen atoms in total. The number of likely N-dealkylation sites (tertiary alicyclic amines) is 1. The van der Waals surface area contributed by atoms with Crippen LogP contribution in [0, 0.1) is 5.82 Å². The van der Waals surface area contributed by atoms with E-state index in [9.17, 15) is 4.39 Å². The number of hydrogen-bond donors (Lipinski definition) is 1. The fourth-order valence-electron chi connectivity index (χ4n) is 3.61. The summed E-state index contributed by atoms with van der Waals surface area (Å²) in [5.74, 6) is 0.425. The second kappa shape index (κ2) is 10.3. The highest BCUT2D eigenvalue weighted by Gasteiger charge is 2.18. The molecular weight excluding hydrogens is 444 g/mol. The second-order valence-electron chi connectivity index (χ2n) is 6.93. The zero-order valence-electron chi connectivity index (χ0n) is 15.7. The van der Waals surface area contributed by atoms with E-state index in [2.05, 4.69) is 26.6 Å². The fourth-order valence-corrected chi connectivity index (χ4v) is 3.61. The number of rotatable bonds is 4. The lowest BCUT2D eigenvalue weighted by atomic mass is 10.1. The SMILES string of the molecule is CCN1CCN(c2ccc(CN=C(N)N3CCCCC3)cc2F)CC1.I. The number of piperidine rings is 1. The van der Waals surface area contributed by atoms with E-state index in [-0.39, 0.29) is 29.8 Å². The summed E-state index contributed by atoms with van der Waals surface area (Å²) in [5, 5.41) is 0. The third kappa shape index (κ3) is 5.45. The monoisotopic (exact) mass is 475 g/mol. The molecule has 0 radical (unpaired) electrons. The summed E-state index contributed by atoms with van der Waals surface area (Å²) in [7, 11) is 0. The molecule has 1 aromatic rings. The van der Waals surface area contributed by atoms with Crippen LogP contribution in [0.4, 0.5) is 10.1 Å². The summed E-state index contributed by atoms with van der Waals surface area (Å²) in [5.41, 5.74) is 7.65. The summed E-state index contributed by atoms with van der Waals surface area (Å²) in [6.07, 6.45) is 3.61. The molecule has 7 heteroatoms. The Balaban J connectivity index is 0.00000243. The van der Waals surface area contributed by atoms with E-state index >= 15 is 0 Å². The first-order chi connectivity index (χ1) is 12.2. The van der Waals surface area contributed by atoms with Gasteiger partial charge in [-0.05, 0) is 43.5 Å². The van der Waals surface area contributed by atoms with Gasteiger partial charge in [0.2, 0.25) is 0 Å². The highest BCUT2D eigenvalue weighted by Crippen LogP contribution is 2.22. The van der Waals surface area contributed by atoms with Crippen LogP contribution in [0.2, 0.25) is 0 Å². The van der Waals surface area contributed by atoms with Gasteiger partial charge < -0.3 is 20.4 Å². The lowest BCUT2D eigenvalue weighted by Crippen LogP contribution is -2.46. The zero-order chi connectivity index (χ0) is 17.6. The number of anilines is 1.